The zero-order valence-corrected chi connectivity index (χ0v) is 24.4. The van der Waals surface area contributed by atoms with Crippen molar-refractivity contribution in [3.8, 4) is 11.6 Å². The summed E-state index contributed by atoms with van der Waals surface area (Å²) in [5.74, 6) is 0.264. The van der Waals surface area contributed by atoms with Crippen LogP contribution < -0.4 is 20.0 Å². The summed E-state index contributed by atoms with van der Waals surface area (Å²) >= 11 is 0. The van der Waals surface area contributed by atoms with Gasteiger partial charge in [-0.1, -0.05) is 6.07 Å². The minimum Gasteiger partial charge on any atom is -0.477 e. The van der Waals surface area contributed by atoms with Crippen LogP contribution in [0.25, 0.3) is 16.6 Å². The van der Waals surface area contributed by atoms with Crippen LogP contribution in [-0.2, 0) is 0 Å². The Morgan fingerprint density at radius 3 is 2.62 bits per heavy atom. The van der Waals surface area contributed by atoms with Gasteiger partial charge in [-0.25, -0.2) is 14.8 Å². The Kier molecular flexibility index (Phi) is 7.32. The van der Waals surface area contributed by atoms with Crippen molar-refractivity contribution in [1.82, 2.24) is 19.4 Å². The molecular weight excluding hydrogens is 532 g/mol. The summed E-state index contributed by atoms with van der Waals surface area (Å²) in [6.45, 7) is 7.13. The number of anilines is 2. The zero-order valence-electron chi connectivity index (χ0n) is 24.4. The third-order valence-corrected chi connectivity index (χ3v) is 8.54. The first kappa shape index (κ1) is 27.7. The Morgan fingerprint density at radius 1 is 1.12 bits per heavy atom. The van der Waals surface area contributed by atoms with Gasteiger partial charge in [0.25, 0.3) is 0 Å². The molecule has 2 fully saturated rings. The highest BCUT2D eigenvalue weighted by atomic mass is 16.5. The lowest BCUT2D eigenvalue weighted by atomic mass is 10.0. The molecule has 5 heterocycles. The number of rotatable bonds is 8. The van der Waals surface area contributed by atoms with E-state index >= 15 is 0 Å². The number of benzene rings is 1. The van der Waals surface area contributed by atoms with Crippen LogP contribution in [0.5, 0.6) is 5.88 Å². The normalized spacial score (nSPS) is 17.2. The van der Waals surface area contributed by atoms with E-state index in [-0.39, 0.29) is 11.6 Å². The van der Waals surface area contributed by atoms with Crippen molar-refractivity contribution in [3.05, 3.63) is 81.9 Å². The highest BCUT2D eigenvalue weighted by Gasteiger charge is 2.30. The molecule has 2 aliphatic rings. The minimum absolute atomic E-state index is 0.143. The zero-order chi connectivity index (χ0) is 29.5. The van der Waals surface area contributed by atoms with Crippen LogP contribution in [-0.4, -0.2) is 82.9 Å². The Morgan fingerprint density at radius 2 is 1.93 bits per heavy atom. The van der Waals surface area contributed by atoms with Crippen LogP contribution in [0.3, 0.4) is 0 Å². The fourth-order valence-corrected chi connectivity index (χ4v) is 5.94. The molecule has 2 aliphatic heterocycles. The molecule has 1 N–H and O–H groups in total. The number of carboxylic acids is 1. The number of pyridine rings is 3. The van der Waals surface area contributed by atoms with Gasteiger partial charge in [0.15, 0.2) is 0 Å². The molecule has 4 aromatic rings. The molecule has 0 radical (unpaired) electrons. The number of carbonyl (C=O) groups is 1. The second-order valence-electron chi connectivity index (χ2n) is 11.5. The molecule has 3 aromatic heterocycles. The summed E-state index contributed by atoms with van der Waals surface area (Å²) in [4.78, 5) is 41.2. The maximum atomic E-state index is 13.3. The van der Waals surface area contributed by atoms with Crippen molar-refractivity contribution in [2.75, 3.05) is 50.1 Å². The van der Waals surface area contributed by atoms with Crippen molar-refractivity contribution < 1.29 is 14.6 Å². The number of nitrogens with zero attached hydrogens (tertiary/aromatic N) is 6. The van der Waals surface area contributed by atoms with Gasteiger partial charge >= 0.3 is 5.97 Å². The van der Waals surface area contributed by atoms with Crippen molar-refractivity contribution in [2.24, 2.45) is 0 Å². The standard InChI is InChI=1S/C32H36N6O4/c1-20-7-5-11-33-31(20)42-19-23-8-6-12-37(23)27-14-28-25(13-21(27)2)30(39)26(32(40)41)18-38(28)22-9-10-29(34-15-22)36-16-24(17-36)35(3)4/h5,7,9-11,13-15,18,23-24H,6,8,12,16-17,19H2,1-4H3,(H,40,41)/t23-/m1/s1. The van der Waals surface area contributed by atoms with Crippen molar-refractivity contribution in [1.29, 1.82) is 0 Å². The average Bonchev–Trinajstić information content (AvgIpc) is 3.40. The molecule has 218 valence electrons. The van der Waals surface area contributed by atoms with Gasteiger partial charge in [-0.3, -0.25) is 4.79 Å². The maximum absolute atomic E-state index is 13.3. The minimum atomic E-state index is -1.25. The summed E-state index contributed by atoms with van der Waals surface area (Å²) in [6.07, 6.45) is 6.90. The smallest absolute Gasteiger partial charge is 0.341 e. The number of ether oxygens (including phenoxy) is 1. The predicted molar refractivity (Wildman–Crippen MR) is 164 cm³/mol. The lowest BCUT2D eigenvalue weighted by Gasteiger charge is -2.43. The molecule has 0 aliphatic carbocycles. The van der Waals surface area contributed by atoms with Gasteiger partial charge in [-0.05, 0) is 76.7 Å². The van der Waals surface area contributed by atoms with E-state index in [2.05, 4.69) is 33.8 Å². The van der Waals surface area contributed by atoms with E-state index in [1.807, 2.05) is 50.2 Å². The lowest BCUT2D eigenvalue weighted by molar-refractivity contribution is 0.0695. The van der Waals surface area contributed by atoms with Gasteiger partial charge in [-0.15, -0.1) is 0 Å². The van der Waals surface area contributed by atoms with E-state index in [0.29, 0.717) is 35.1 Å². The van der Waals surface area contributed by atoms with Gasteiger partial charge in [0.1, 0.15) is 18.0 Å². The van der Waals surface area contributed by atoms with Crippen LogP contribution in [0.2, 0.25) is 0 Å². The SMILES string of the molecule is Cc1cc2c(=O)c(C(=O)O)cn(-c3ccc(N4CC(N(C)C)C4)nc3)c2cc1N1CCC[C@@H]1COc1ncccc1C. The second kappa shape index (κ2) is 11.1. The molecule has 6 rings (SSSR count). The molecule has 0 amide bonds. The summed E-state index contributed by atoms with van der Waals surface area (Å²) < 4.78 is 7.91. The van der Waals surface area contributed by atoms with E-state index in [0.717, 1.165) is 55.1 Å². The number of aromatic carboxylic acids is 1. The van der Waals surface area contributed by atoms with Crippen LogP contribution >= 0.6 is 0 Å². The largest absolute Gasteiger partial charge is 0.477 e. The topological polar surface area (TPSA) is 104 Å². The van der Waals surface area contributed by atoms with Crippen LogP contribution in [0, 0.1) is 13.8 Å². The molecule has 1 aromatic carbocycles. The van der Waals surface area contributed by atoms with E-state index in [1.54, 1.807) is 17.0 Å². The van der Waals surface area contributed by atoms with Crippen molar-refractivity contribution in [3.63, 3.8) is 0 Å². The molecule has 2 saturated heterocycles. The van der Waals surface area contributed by atoms with E-state index in [1.165, 1.54) is 6.20 Å². The number of likely N-dealkylation sites (N-methyl/N-ethyl adjacent to an activating group) is 1. The maximum Gasteiger partial charge on any atom is 0.341 e. The summed E-state index contributed by atoms with van der Waals surface area (Å²) in [7, 11) is 4.16. The predicted octanol–water partition coefficient (Wildman–Crippen LogP) is 3.89. The fourth-order valence-electron chi connectivity index (χ4n) is 5.94. The fraction of sp³-hybridized carbons (Fsp3) is 0.375. The molecule has 0 spiro atoms. The molecule has 42 heavy (non-hydrogen) atoms. The van der Waals surface area contributed by atoms with E-state index in [9.17, 15) is 14.7 Å². The Balaban J connectivity index is 1.36. The quantitative estimate of drug-likeness (QED) is 0.339. The number of hydrogen-bond donors (Lipinski definition) is 1. The number of aryl methyl sites for hydroxylation is 2. The average molecular weight is 569 g/mol. The third-order valence-electron chi connectivity index (χ3n) is 8.54. The van der Waals surface area contributed by atoms with Crippen LogP contribution in [0.4, 0.5) is 11.5 Å². The van der Waals surface area contributed by atoms with Crippen LogP contribution in [0.15, 0.2) is 59.8 Å². The molecular formula is C32H36N6O4. The molecule has 0 bridgehead atoms. The first-order valence-electron chi connectivity index (χ1n) is 14.3. The first-order chi connectivity index (χ1) is 20.2. The highest BCUT2D eigenvalue weighted by molar-refractivity contribution is 5.94. The van der Waals surface area contributed by atoms with Crippen LogP contribution in [0.1, 0.15) is 34.3 Å². The number of carboxylic acid groups (broad SMARTS) is 1. The Bertz CT molecular complexity index is 1690. The molecule has 0 unspecified atom stereocenters. The number of aromatic nitrogens is 3. The summed E-state index contributed by atoms with van der Waals surface area (Å²) in [6, 6.07) is 12.2. The third kappa shape index (κ3) is 5.07. The van der Waals surface area contributed by atoms with E-state index < -0.39 is 11.4 Å². The summed E-state index contributed by atoms with van der Waals surface area (Å²) in [5, 5.41) is 10.2. The van der Waals surface area contributed by atoms with Crippen molar-refractivity contribution >= 4 is 28.4 Å². The Hall–Kier alpha value is -4.44. The highest BCUT2D eigenvalue weighted by Crippen LogP contribution is 2.33. The monoisotopic (exact) mass is 568 g/mol. The van der Waals surface area contributed by atoms with Gasteiger partial charge in [0, 0.05) is 54.7 Å². The lowest BCUT2D eigenvalue weighted by Crippen LogP contribution is -2.57. The molecule has 10 heteroatoms. The summed E-state index contributed by atoms with van der Waals surface area (Å²) in [5.41, 5.74) is 3.48. The van der Waals surface area contributed by atoms with Gasteiger partial charge in [0.2, 0.25) is 11.3 Å². The van der Waals surface area contributed by atoms with Crippen molar-refractivity contribution in [2.45, 2.75) is 38.8 Å². The number of hydrogen-bond acceptors (Lipinski definition) is 8. The van der Waals surface area contributed by atoms with Gasteiger partial charge in [0.05, 0.1) is 23.4 Å². The molecule has 10 nitrogen and oxygen atoms in total. The first-order valence-corrected chi connectivity index (χ1v) is 14.3. The van der Waals surface area contributed by atoms with Gasteiger partial charge in [-0.2, -0.15) is 0 Å². The van der Waals surface area contributed by atoms with Gasteiger partial charge < -0.3 is 29.1 Å². The number of fused-ring (bicyclic) bond motifs is 1. The molecule has 1 atom stereocenters. The Labute approximate surface area is 244 Å². The second-order valence-corrected chi connectivity index (χ2v) is 11.5. The molecule has 0 saturated carbocycles. The van der Waals surface area contributed by atoms with E-state index in [4.69, 9.17) is 9.72 Å².